The lowest BCUT2D eigenvalue weighted by atomic mass is 10.2. The molecule has 0 unspecified atom stereocenters. The van der Waals surface area contributed by atoms with Crippen molar-refractivity contribution in [1.29, 1.82) is 0 Å². The Morgan fingerprint density at radius 1 is 1.00 bits per heavy atom. The largest absolute Gasteiger partial charge is 0.467 e. The summed E-state index contributed by atoms with van der Waals surface area (Å²) in [6, 6.07) is 3.25. The van der Waals surface area contributed by atoms with Gasteiger partial charge in [-0.1, -0.05) is 0 Å². The molecule has 2 aromatic rings. The summed E-state index contributed by atoms with van der Waals surface area (Å²) in [5.41, 5.74) is -5.06. The summed E-state index contributed by atoms with van der Waals surface area (Å²) in [4.78, 5) is 11.7. The molecule has 0 aliphatic rings. The van der Waals surface area contributed by atoms with E-state index in [-0.39, 0.29) is 5.76 Å². The number of alkyl halides is 6. The first-order valence-corrected chi connectivity index (χ1v) is 7.11. The molecule has 0 radical (unpaired) electrons. The fourth-order valence-electron chi connectivity index (χ4n) is 1.91. The van der Waals surface area contributed by atoms with Crippen molar-refractivity contribution in [3.63, 3.8) is 0 Å². The van der Waals surface area contributed by atoms with Crippen molar-refractivity contribution < 1.29 is 44.7 Å². The maximum Gasteiger partial charge on any atom is 0.458 e. The molecule has 0 aliphatic heterocycles. The van der Waals surface area contributed by atoms with Gasteiger partial charge in [-0.15, -0.1) is 0 Å². The van der Waals surface area contributed by atoms with Gasteiger partial charge in [0.05, 0.1) is 12.8 Å². The predicted molar refractivity (Wildman–Crippen MR) is 75.9 cm³/mol. The number of halogens is 7. The van der Waals surface area contributed by atoms with E-state index in [0.717, 1.165) is 5.32 Å². The highest BCUT2D eigenvalue weighted by Gasteiger charge is 2.75. The number of nitrogens with one attached hydrogen (secondary N) is 2. The number of carbonyl (C=O) groups excluding carboxylic acids is 1. The van der Waals surface area contributed by atoms with Crippen molar-refractivity contribution in [2.45, 2.75) is 24.6 Å². The van der Waals surface area contributed by atoms with Gasteiger partial charge < -0.3 is 14.5 Å². The molecule has 0 atom stereocenters. The van der Waals surface area contributed by atoms with Gasteiger partial charge in [-0.2, -0.15) is 26.3 Å². The van der Waals surface area contributed by atoms with Crippen LogP contribution < -0.4 is 15.4 Å². The second-order valence-corrected chi connectivity index (χ2v) is 5.12. The third kappa shape index (κ3) is 4.63. The van der Waals surface area contributed by atoms with Crippen molar-refractivity contribution in [3.05, 3.63) is 54.2 Å². The van der Waals surface area contributed by atoms with Gasteiger partial charge in [0.2, 0.25) is 0 Å². The lowest BCUT2D eigenvalue weighted by molar-refractivity contribution is -0.364. The number of furan rings is 1. The van der Waals surface area contributed by atoms with Crippen LogP contribution in [-0.4, -0.2) is 24.1 Å². The average Bonchev–Trinajstić information content (AvgIpc) is 3.05. The van der Waals surface area contributed by atoms with Gasteiger partial charge in [0.25, 0.3) is 0 Å². The van der Waals surface area contributed by atoms with Crippen LogP contribution in [-0.2, 0) is 6.54 Å². The number of rotatable bonds is 5. The second kappa shape index (κ2) is 7.37. The molecule has 5 nitrogen and oxygen atoms in total. The number of amides is 2. The van der Waals surface area contributed by atoms with Crippen molar-refractivity contribution >= 4 is 6.03 Å². The van der Waals surface area contributed by atoms with E-state index in [0.29, 0.717) is 24.3 Å². The van der Waals surface area contributed by atoms with Crippen LogP contribution in [0.5, 0.6) is 5.75 Å². The molecular formula is C15H11F7N2O3. The molecule has 2 amide bonds. The number of hydrogen-bond donors (Lipinski definition) is 2. The molecule has 27 heavy (non-hydrogen) atoms. The first-order chi connectivity index (χ1) is 12.4. The lowest BCUT2D eigenvalue weighted by Gasteiger charge is -2.37. The Morgan fingerprint density at radius 3 is 2.07 bits per heavy atom. The highest BCUT2D eigenvalue weighted by molar-refractivity contribution is 5.74. The molecule has 1 aromatic heterocycles. The lowest BCUT2D eigenvalue weighted by Crippen LogP contribution is -2.72. The Bertz CT molecular complexity index is 741. The summed E-state index contributed by atoms with van der Waals surface area (Å²) in [6.45, 7) is -0.471. The minimum absolute atomic E-state index is 0.0919. The molecular weight excluding hydrogens is 389 g/mol. The van der Waals surface area contributed by atoms with Gasteiger partial charge in [-0.25, -0.2) is 9.18 Å². The van der Waals surface area contributed by atoms with Crippen molar-refractivity contribution in [1.82, 2.24) is 10.6 Å². The van der Waals surface area contributed by atoms with Crippen LogP contribution >= 0.6 is 0 Å². The predicted octanol–water partition coefficient (Wildman–Crippen LogP) is 4.12. The number of carbonyl (C=O) groups is 1. The topological polar surface area (TPSA) is 63.5 Å². The van der Waals surface area contributed by atoms with Gasteiger partial charge in [-0.05, 0) is 36.4 Å². The maximum absolute atomic E-state index is 13.3. The number of benzene rings is 1. The van der Waals surface area contributed by atoms with E-state index in [2.05, 4.69) is 4.74 Å². The molecule has 0 saturated carbocycles. The summed E-state index contributed by atoms with van der Waals surface area (Å²) >= 11 is 0. The molecule has 2 N–H and O–H groups in total. The minimum Gasteiger partial charge on any atom is -0.467 e. The quantitative estimate of drug-likeness (QED) is 0.587. The summed E-state index contributed by atoms with van der Waals surface area (Å²) < 4.78 is 102. The average molecular weight is 400 g/mol. The van der Waals surface area contributed by atoms with E-state index in [1.165, 1.54) is 18.4 Å². The molecule has 0 bridgehead atoms. The van der Waals surface area contributed by atoms with Gasteiger partial charge in [0.1, 0.15) is 17.3 Å². The van der Waals surface area contributed by atoms with Crippen molar-refractivity contribution in [2.24, 2.45) is 0 Å². The zero-order valence-corrected chi connectivity index (χ0v) is 13.1. The molecule has 0 saturated heterocycles. The molecule has 2 rings (SSSR count). The molecule has 148 valence electrons. The van der Waals surface area contributed by atoms with Crippen molar-refractivity contribution in [2.75, 3.05) is 0 Å². The van der Waals surface area contributed by atoms with E-state index < -0.39 is 42.2 Å². The van der Waals surface area contributed by atoms with Crippen LogP contribution in [0, 0.1) is 5.82 Å². The first kappa shape index (κ1) is 20.4. The Balaban J connectivity index is 2.29. The number of ether oxygens (including phenoxy) is 1. The second-order valence-electron chi connectivity index (χ2n) is 5.12. The van der Waals surface area contributed by atoms with Gasteiger partial charge in [0, 0.05) is 0 Å². The molecule has 1 aromatic carbocycles. The van der Waals surface area contributed by atoms with E-state index in [9.17, 15) is 35.5 Å². The van der Waals surface area contributed by atoms with E-state index in [1.54, 1.807) is 5.32 Å². The number of urea groups is 1. The standard InChI is InChI=1S/C15H11F7N2O3/c16-9-3-5-10(6-4-9)27-13(14(17,18)19,15(20,21)22)24-12(25)23-8-11-2-1-7-26-11/h1-7H,8H2,(H2,23,24,25). The molecule has 1 heterocycles. The number of hydrogen-bond acceptors (Lipinski definition) is 3. The van der Waals surface area contributed by atoms with E-state index >= 15 is 0 Å². The Morgan fingerprint density at radius 2 is 1.59 bits per heavy atom. The normalized spacial score (nSPS) is 12.6. The SMILES string of the molecule is O=C(NCc1ccco1)NC(Oc1ccc(F)cc1)(C(F)(F)F)C(F)(F)F. The van der Waals surface area contributed by atoms with E-state index in [1.807, 2.05) is 0 Å². The van der Waals surface area contributed by atoms with Crippen LogP contribution in [0.3, 0.4) is 0 Å². The minimum atomic E-state index is -6.10. The summed E-state index contributed by atoms with van der Waals surface area (Å²) in [7, 11) is 0. The van der Waals surface area contributed by atoms with Crippen LogP contribution in [0.15, 0.2) is 47.1 Å². The summed E-state index contributed by atoms with van der Waals surface area (Å²) in [5.74, 6) is -1.78. The first-order valence-electron chi connectivity index (χ1n) is 7.11. The van der Waals surface area contributed by atoms with Crippen LogP contribution in [0.4, 0.5) is 35.5 Å². The fraction of sp³-hybridized carbons (Fsp3) is 0.267. The molecule has 12 heteroatoms. The third-order valence-corrected chi connectivity index (χ3v) is 3.18. The van der Waals surface area contributed by atoms with Crippen LogP contribution in [0.2, 0.25) is 0 Å². The van der Waals surface area contributed by atoms with E-state index in [4.69, 9.17) is 4.42 Å². The highest BCUT2D eigenvalue weighted by Crippen LogP contribution is 2.44. The summed E-state index contributed by atoms with van der Waals surface area (Å²) in [6.07, 6.45) is -11.0. The molecule has 0 fully saturated rings. The Labute approximate surface area is 147 Å². The zero-order chi connectivity index (χ0) is 20.3. The third-order valence-electron chi connectivity index (χ3n) is 3.18. The fourth-order valence-corrected chi connectivity index (χ4v) is 1.91. The highest BCUT2D eigenvalue weighted by atomic mass is 19.4. The van der Waals surface area contributed by atoms with Crippen molar-refractivity contribution in [3.8, 4) is 5.75 Å². The Kier molecular flexibility index (Phi) is 5.56. The zero-order valence-electron chi connectivity index (χ0n) is 13.1. The molecule has 0 aliphatic carbocycles. The summed E-state index contributed by atoms with van der Waals surface area (Å²) in [5, 5.41) is 2.57. The Hall–Kier alpha value is -2.92. The van der Waals surface area contributed by atoms with Crippen LogP contribution in [0.1, 0.15) is 5.76 Å². The van der Waals surface area contributed by atoms with Gasteiger partial charge >= 0.3 is 24.1 Å². The van der Waals surface area contributed by atoms with Gasteiger partial charge in [-0.3, -0.25) is 5.32 Å². The monoisotopic (exact) mass is 400 g/mol. The maximum atomic E-state index is 13.3. The van der Waals surface area contributed by atoms with Gasteiger partial charge in [0.15, 0.2) is 0 Å². The van der Waals surface area contributed by atoms with Crippen LogP contribution in [0.25, 0.3) is 0 Å². The molecule has 0 spiro atoms. The smallest absolute Gasteiger partial charge is 0.458 e.